The molecule has 0 aromatic heterocycles. The fourth-order valence-corrected chi connectivity index (χ4v) is 2.19. The highest BCUT2D eigenvalue weighted by atomic mass is 35.5. The molecule has 1 atom stereocenters. The average Bonchev–Trinajstić information content (AvgIpc) is 2.13. The number of rotatable bonds is 3. The van der Waals surface area contributed by atoms with Gasteiger partial charge in [-0.3, -0.25) is 4.79 Å². The lowest BCUT2D eigenvalue weighted by molar-refractivity contribution is -0.127. The van der Waals surface area contributed by atoms with Crippen LogP contribution in [0.2, 0.25) is 0 Å². The molecule has 1 aliphatic heterocycles. The molecular weight excluding hydrogens is 248 g/mol. The SMILES string of the molecule is Cc1ccc(C(C)NC(=O)C2CNC2)c(C)c1.Cl. The van der Waals surface area contributed by atoms with Crippen molar-refractivity contribution < 1.29 is 4.79 Å². The minimum atomic E-state index is 0. The Hall–Kier alpha value is -1.06. The Bertz CT molecular complexity index is 430. The first-order chi connectivity index (χ1) is 8.08. The van der Waals surface area contributed by atoms with E-state index in [0.717, 1.165) is 13.1 Å². The van der Waals surface area contributed by atoms with Crippen LogP contribution >= 0.6 is 12.4 Å². The number of nitrogens with one attached hydrogen (secondary N) is 2. The molecule has 0 aliphatic carbocycles. The topological polar surface area (TPSA) is 41.1 Å². The summed E-state index contributed by atoms with van der Waals surface area (Å²) in [5.74, 6) is 0.319. The van der Waals surface area contributed by atoms with E-state index >= 15 is 0 Å². The van der Waals surface area contributed by atoms with Crippen molar-refractivity contribution in [2.45, 2.75) is 26.8 Å². The molecule has 0 bridgehead atoms. The highest BCUT2D eigenvalue weighted by molar-refractivity contribution is 5.85. The number of amides is 1. The Labute approximate surface area is 115 Å². The Balaban J connectivity index is 0.00000162. The zero-order valence-electron chi connectivity index (χ0n) is 11.1. The van der Waals surface area contributed by atoms with Crippen molar-refractivity contribution in [3.63, 3.8) is 0 Å². The molecule has 3 nitrogen and oxygen atoms in total. The van der Waals surface area contributed by atoms with Gasteiger partial charge in [-0.2, -0.15) is 0 Å². The summed E-state index contributed by atoms with van der Waals surface area (Å²) < 4.78 is 0. The van der Waals surface area contributed by atoms with Crippen molar-refractivity contribution >= 4 is 18.3 Å². The van der Waals surface area contributed by atoms with Crippen molar-refractivity contribution in [3.05, 3.63) is 34.9 Å². The molecule has 4 heteroatoms. The Kier molecular flexibility index (Phi) is 5.17. The van der Waals surface area contributed by atoms with Gasteiger partial charge in [-0.15, -0.1) is 12.4 Å². The summed E-state index contributed by atoms with van der Waals surface area (Å²) in [4.78, 5) is 11.8. The Morgan fingerprint density at radius 3 is 2.56 bits per heavy atom. The van der Waals surface area contributed by atoms with Crippen molar-refractivity contribution in [3.8, 4) is 0 Å². The number of benzene rings is 1. The molecule has 1 unspecified atom stereocenters. The second-order valence-corrected chi connectivity index (χ2v) is 4.95. The maximum absolute atomic E-state index is 11.8. The van der Waals surface area contributed by atoms with Crippen LogP contribution in [0.5, 0.6) is 0 Å². The summed E-state index contributed by atoms with van der Waals surface area (Å²) in [5.41, 5.74) is 3.70. The van der Waals surface area contributed by atoms with Crippen molar-refractivity contribution in [2.75, 3.05) is 13.1 Å². The van der Waals surface area contributed by atoms with E-state index < -0.39 is 0 Å². The largest absolute Gasteiger partial charge is 0.349 e. The van der Waals surface area contributed by atoms with Gasteiger partial charge < -0.3 is 10.6 Å². The van der Waals surface area contributed by atoms with Gasteiger partial charge in [-0.05, 0) is 31.9 Å². The second-order valence-electron chi connectivity index (χ2n) is 4.95. The molecule has 1 aliphatic rings. The molecule has 1 fully saturated rings. The predicted molar refractivity (Wildman–Crippen MR) is 76.1 cm³/mol. The van der Waals surface area contributed by atoms with E-state index in [9.17, 15) is 4.79 Å². The van der Waals surface area contributed by atoms with Crippen LogP contribution in [0.3, 0.4) is 0 Å². The van der Waals surface area contributed by atoms with Crippen LogP contribution in [0, 0.1) is 19.8 Å². The third-order valence-corrected chi connectivity index (χ3v) is 3.40. The van der Waals surface area contributed by atoms with Gasteiger partial charge in [0.1, 0.15) is 0 Å². The summed E-state index contributed by atoms with van der Waals surface area (Å²) >= 11 is 0. The van der Waals surface area contributed by atoms with Gasteiger partial charge >= 0.3 is 0 Å². The Morgan fingerprint density at radius 2 is 2.06 bits per heavy atom. The van der Waals surface area contributed by atoms with E-state index in [2.05, 4.69) is 42.7 Å². The number of hydrogen-bond acceptors (Lipinski definition) is 2. The number of carbonyl (C=O) groups is 1. The molecule has 1 saturated heterocycles. The van der Waals surface area contributed by atoms with E-state index in [-0.39, 0.29) is 30.3 Å². The zero-order valence-corrected chi connectivity index (χ0v) is 11.9. The summed E-state index contributed by atoms with van der Waals surface area (Å²) in [7, 11) is 0. The fraction of sp³-hybridized carbons (Fsp3) is 0.500. The highest BCUT2D eigenvalue weighted by Gasteiger charge is 2.26. The van der Waals surface area contributed by atoms with Gasteiger partial charge in [0.05, 0.1) is 12.0 Å². The molecule has 1 aromatic rings. The maximum atomic E-state index is 11.8. The van der Waals surface area contributed by atoms with Gasteiger partial charge in [0.15, 0.2) is 0 Å². The number of carbonyl (C=O) groups excluding carboxylic acids is 1. The van der Waals surface area contributed by atoms with Gasteiger partial charge in [-0.25, -0.2) is 0 Å². The molecule has 0 spiro atoms. The van der Waals surface area contributed by atoms with Crippen molar-refractivity contribution in [1.29, 1.82) is 0 Å². The lowest BCUT2D eigenvalue weighted by Crippen LogP contribution is -2.51. The summed E-state index contributed by atoms with van der Waals surface area (Å²) in [6, 6.07) is 6.44. The van der Waals surface area contributed by atoms with Crippen LogP contribution in [0.25, 0.3) is 0 Å². The van der Waals surface area contributed by atoms with Crippen LogP contribution in [0.4, 0.5) is 0 Å². The van der Waals surface area contributed by atoms with E-state index in [1.54, 1.807) is 0 Å². The van der Waals surface area contributed by atoms with Crippen molar-refractivity contribution in [1.82, 2.24) is 10.6 Å². The minimum Gasteiger partial charge on any atom is -0.349 e. The lowest BCUT2D eigenvalue weighted by atomic mass is 9.98. The van der Waals surface area contributed by atoms with Crippen LogP contribution < -0.4 is 10.6 Å². The van der Waals surface area contributed by atoms with Crippen LogP contribution in [-0.4, -0.2) is 19.0 Å². The molecule has 100 valence electrons. The molecule has 1 amide bonds. The maximum Gasteiger partial charge on any atom is 0.226 e. The van der Waals surface area contributed by atoms with E-state index in [1.165, 1.54) is 16.7 Å². The van der Waals surface area contributed by atoms with E-state index in [0.29, 0.717) is 0 Å². The third kappa shape index (κ3) is 3.24. The number of hydrogen-bond donors (Lipinski definition) is 2. The van der Waals surface area contributed by atoms with Gasteiger partial charge in [0, 0.05) is 13.1 Å². The zero-order chi connectivity index (χ0) is 12.4. The average molecular weight is 269 g/mol. The quantitative estimate of drug-likeness (QED) is 0.882. The summed E-state index contributed by atoms with van der Waals surface area (Å²) in [6.07, 6.45) is 0. The molecular formula is C14H21ClN2O. The van der Waals surface area contributed by atoms with Crippen LogP contribution in [0.15, 0.2) is 18.2 Å². The van der Waals surface area contributed by atoms with Crippen LogP contribution in [-0.2, 0) is 4.79 Å². The monoisotopic (exact) mass is 268 g/mol. The van der Waals surface area contributed by atoms with Crippen molar-refractivity contribution in [2.24, 2.45) is 5.92 Å². The molecule has 2 N–H and O–H groups in total. The van der Waals surface area contributed by atoms with Gasteiger partial charge in [-0.1, -0.05) is 23.8 Å². The second kappa shape index (κ2) is 6.21. The van der Waals surface area contributed by atoms with Gasteiger partial charge in [0.25, 0.3) is 0 Å². The fourth-order valence-electron chi connectivity index (χ4n) is 2.19. The smallest absolute Gasteiger partial charge is 0.226 e. The normalized spacial score (nSPS) is 16.4. The number of aryl methyl sites for hydroxylation is 2. The molecule has 2 rings (SSSR count). The highest BCUT2D eigenvalue weighted by Crippen LogP contribution is 2.19. The standard InChI is InChI=1S/C14H20N2O.ClH/c1-9-4-5-13(10(2)6-9)11(3)16-14(17)12-7-15-8-12;/h4-6,11-12,15H,7-8H2,1-3H3,(H,16,17);1H. The molecule has 18 heavy (non-hydrogen) atoms. The van der Waals surface area contributed by atoms with Crippen LogP contribution in [0.1, 0.15) is 29.7 Å². The summed E-state index contributed by atoms with van der Waals surface area (Å²) in [5, 5.41) is 6.19. The first-order valence-corrected chi connectivity index (χ1v) is 6.16. The molecule has 1 aromatic carbocycles. The first kappa shape index (κ1) is 15.0. The van der Waals surface area contributed by atoms with Gasteiger partial charge in [0.2, 0.25) is 5.91 Å². The number of halogens is 1. The lowest BCUT2D eigenvalue weighted by Gasteiger charge is -2.28. The molecule has 1 heterocycles. The summed E-state index contributed by atoms with van der Waals surface area (Å²) in [6.45, 7) is 7.84. The Morgan fingerprint density at radius 1 is 1.39 bits per heavy atom. The first-order valence-electron chi connectivity index (χ1n) is 6.16. The third-order valence-electron chi connectivity index (χ3n) is 3.40. The van der Waals surface area contributed by atoms with E-state index in [1.807, 2.05) is 6.92 Å². The predicted octanol–water partition coefficient (Wildman–Crippen LogP) is 2.12. The molecule has 0 radical (unpaired) electrons. The van der Waals surface area contributed by atoms with E-state index in [4.69, 9.17) is 0 Å². The molecule has 0 saturated carbocycles. The minimum absolute atomic E-state index is 0.